The third-order valence-electron chi connectivity index (χ3n) is 4.97. The van der Waals surface area contributed by atoms with Gasteiger partial charge >= 0.3 is 0 Å². The third kappa shape index (κ3) is 2.69. The molecule has 5 heteroatoms. The molecule has 0 radical (unpaired) electrons. The lowest BCUT2D eigenvalue weighted by molar-refractivity contribution is 0.212. The Morgan fingerprint density at radius 3 is 2.81 bits per heavy atom. The van der Waals surface area contributed by atoms with Gasteiger partial charge in [-0.2, -0.15) is 4.31 Å². The molecule has 0 saturated carbocycles. The maximum Gasteiger partial charge on any atom is 0.243 e. The van der Waals surface area contributed by atoms with E-state index < -0.39 is 10.0 Å². The Hall–Kier alpha value is -1.07. The van der Waals surface area contributed by atoms with E-state index in [1.54, 1.807) is 10.4 Å². The Bertz CT molecular complexity index is 627. The van der Waals surface area contributed by atoms with Crippen LogP contribution in [0.2, 0.25) is 0 Å². The maximum atomic E-state index is 13.0. The fourth-order valence-corrected chi connectivity index (χ4v) is 5.13. The second-order valence-electron chi connectivity index (χ2n) is 6.42. The first-order valence-electron chi connectivity index (χ1n) is 7.86. The molecule has 4 nitrogen and oxygen atoms in total. The van der Waals surface area contributed by atoms with Gasteiger partial charge in [0.05, 0.1) is 4.90 Å². The summed E-state index contributed by atoms with van der Waals surface area (Å²) in [6.45, 7) is 6.57. The molecule has 3 rings (SSSR count). The van der Waals surface area contributed by atoms with Gasteiger partial charge in [0.25, 0.3) is 0 Å². The number of piperidine rings is 1. The standard InChI is InChI=1S/C16H24N2O2S/c1-12-8-10-18(11-13(12)2)21(19,20)16-7-3-6-15-14(16)5-4-9-17-15/h3,6-7,12-13,17H,4-5,8-11H2,1-2H3. The van der Waals surface area contributed by atoms with Gasteiger partial charge in [-0.25, -0.2) is 8.42 Å². The SMILES string of the molecule is CC1CCN(S(=O)(=O)c2cccc3c2CCCN3)CC1C. The Kier molecular flexibility index (Phi) is 3.97. The molecule has 1 N–H and O–H groups in total. The van der Waals surface area contributed by atoms with E-state index in [2.05, 4.69) is 19.2 Å². The summed E-state index contributed by atoms with van der Waals surface area (Å²) in [6.07, 6.45) is 2.79. The summed E-state index contributed by atoms with van der Waals surface area (Å²) in [5.41, 5.74) is 1.95. The summed E-state index contributed by atoms with van der Waals surface area (Å²) in [5, 5.41) is 3.31. The monoisotopic (exact) mass is 308 g/mol. The molecule has 1 saturated heterocycles. The molecule has 2 unspecified atom stereocenters. The molecule has 0 aromatic heterocycles. The summed E-state index contributed by atoms with van der Waals surface area (Å²) in [5.74, 6) is 1.02. The highest BCUT2D eigenvalue weighted by atomic mass is 32.2. The molecule has 2 aliphatic heterocycles. The fraction of sp³-hybridized carbons (Fsp3) is 0.625. The van der Waals surface area contributed by atoms with Crippen LogP contribution in [0.1, 0.15) is 32.3 Å². The van der Waals surface area contributed by atoms with Crippen molar-refractivity contribution < 1.29 is 8.42 Å². The smallest absolute Gasteiger partial charge is 0.243 e. The van der Waals surface area contributed by atoms with Crippen LogP contribution < -0.4 is 5.32 Å². The lowest BCUT2D eigenvalue weighted by Gasteiger charge is -2.35. The lowest BCUT2D eigenvalue weighted by Crippen LogP contribution is -2.42. The van der Waals surface area contributed by atoms with E-state index in [0.717, 1.165) is 37.1 Å². The van der Waals surface area contributed by atoms with E-state index in [9.17, 15) is 8.42 Å². The number of nitrogens with one attached hydrogen (secondary N) is 1. The van der Waals surface area contributed by atoms with Gasteiger partial charge in [0.1, 0.15) is 0 Å². The topological polar surface area (TPSA) is 49.4 Å². The molecule has 0 bridgehead atoms. The van der Waals surface area contributed by atoms with Crippen molar-refractivity contribution in [2.45, 2.75) is 38.0 Å². The first kappa shape index (κ1) is 14.9. The van der Waals surface area contributed by atoms with Crippen LogP contribution in [0.3, 0.4) is 0 Å². The summed E-state index contributed by atoms with van der Waals surface area (Å²) < 4.78 is 27.7. The maximum absolute atomic E-state index is 13.0. The molecule has 1 fully saturated rings. The number of hydrogen-bond acceptors (Lipinski definition) is 3. The molecule has 2 aliphatic rings. The second-order valence-corrected chi connectivity index (χ2v) is 8.33. The normalized spacial score (nSPS) is 27.0. The van der Waals surface area contributed by atoms with E-state index in [0.29, 0.717) is 29.8 Å². The van der Waals surface area contributed by atoms with E-state index in [4.69, 9.17) is 0 Å². The highest BCUT2D eigenvalue weighted by Crippen LogP contribution is 2.33. The molecule has 21 heavy (non-hydrogen) atoms. The predicted octanol–water partition coefficient (Wildman–Crippen LogP) is 2.71. The van der Waals surface area contributed by atoms with Crippen molar-refractivity contribution in [3.8, 4) is 0 Å². The van der Waals surface area contributed by atoms with Gasteiger partial charge in [-0.15, -0.1) is 0 Å². The number of rotatable bonds is 2. The number of hydrogen-bond donors (Lipinski definition) is 1. The lowest BCUT2D eigenvalue weighted by atomic mass is 9.90. The highest BCUT2D eigenvalue weighted by Gasteiger charge is 2.33. The molecule has 1 aromatic carbocycles. The zero-order valence-electron chi connectivity index (χ0n) is 12.8. The number of fused-ring (bicyclic) bond motifs is 1. The van der Waals surface area contributed by atoms with Crippen LogP contribution in [0, 0.1) is 11.8 Å². The molecule has 0 aliphatic carbocycles. The number of sulfonamides is 1. The fourth-order valence-electron chi connectivity index (χ4n) is 3.30. The van der Waals surface area contributed by atoms with Crippen molar-refractivity contribution in [2.24, 2.45) is 11.8 Å². The Morgan fingerprint density at radius 2 is 2.05 bits per heavy atom. The van der Waals surface area contributed by atoms with Gasteiger partial charge in [-0.1, -0.05) is 19.9 Å². The van der Waals surface area contributed by atoms with Gasteiger partial charge in [0, 0.05) is 25.3 Å². The van der Waals surface area contributed by atoms with Crippen molar-refractivity contribution in [3.05, 3.63) is 23.8 Å². The first-order chi connectivity index (χ1) is 10.00. The van der Waals surface area contributed by atoms with Gasteiger partial charge in [-0.05, 0) is 48.8 Å². The quantitative estimate of drug-likeness (QED) is 0.914. The molecule has 0 spiro atoms. The van der Waals surface area contributed by atoms with Crippen LogP contribution in [0.25, 0.3) is 0 Å². The number of benzene rings is 1. The van der Waals surface area contributed by atoms with Crippen molar-refractivity contribution in [2.75, 3.05) is 25.0 Å². The Balaban J connectivity index is 1.96. The van der Waals surface area contributed by atoms with Crippen LogP contribution >= 0.6 is 0 Å². The van der Waals surface area contributed by atoms with E-state index in [1.165, 1.54) is 0 Å². The first-order valence-corrected chi connectivity index (χ1v) is 9.30. The summed E-state index contributed by atoms with van der Waals surface area (Å²) in [6, 6.07) is 5.60. The van der Waals surface area contributed by atoms with Crippen molar-refractivity contribution in [1.82, 2.24) is 4.31 Å². The molecule has 0 amide bonds. The summed E-state index contributed by atoms with van der Waals surface area (Å²) in [4.78, 5) is 0.508. The minimum absolute atomic E-state index is 0.422. The molecule has 1 aromatic rings. The Labute approximate surface area is 127 Å². The van der Waals surface area contributed by atoms with Crippen molar-refractivity contribution in [3.63, 3.8) is 0 Å². The third-order valence-corrected chi connectivity index (χ3v) is 6.92. The molecule has 2 atom stereocenters. The molecular weight excluding hydrogens is 284 g/mol. The van der Waals surface area contributed by atoms with Gasteiger partial charge < -0.3 is 5.32 Å². The molecular formula is C16H24N2O2S. The van der Waals surface area contributed by atoms with Crippen LogP contribution in [-0.4, -0.2) is 32.4 Å². The summed E-state index contributed by atoms with van der Waals surface area (Å²) in [7, 11) is -3.37. The number of nitrogens with zero attached hydrogens (tertiary/aromatic N) is 1. The van der Waals surface area contributed by atoms with E-state index in [1.807, 2.05) is 12.1 Å². The minimum Gasteiger partial charge on any atom is -0.385 e. The predicted molar refractivity (Wildman–Crippen MR) is 85.0 cm³/mol. The zero-order valence-corrected chi connectivity index (χ0v) is 13.6. The second kappa shape index (κ2) is 5.61. The highest BCUT2D eigenvalue weighted by molar-refractivity contribution is 7.89. The largest absolute Gasteiger partial charge is 0.385 e. The average molecular weight is 308 g/mol. The van der Waals surface area contributed by atoms with Crippen LogP contribution in [-0.2, 0) is 16.4 Å². The van der Waals surface area contributed by atoms with Crippen LogP contribution in [0.15, 0.2) is 23.1 Å². The minimum atomic E-state index is -3.37. The van der Waals surface area contributed by atoms with Crippen LogP contribution in [0.4, 0.5) is 5.69 Å². The summed E-state index contributed by atoms with van der Waals surface area (Å²) >= 11 is 0. The van der Waals surface area contributed by atoms with E-state index in [-0.39, 0.29) is 0 Å². The number of anilines is 1. The van der Waals surface area contributed by atoms with Crippen molar-refractivity contribution >= 4 is 15.7 Å². The van der Waals surface area contributed by atoms with Crippen molar-refractivity contribution in [1.29, 1.82) is 0 Å². The molecule has 2 heterocycles. The van der Waals surface area contributed by atoms with Crippen LogP contribution in [0.5, 0.6) is 0 Å². The Morgan fingerprint density at radius 1 is 1.24 bits per heavy atom. The van der Waals surface area contributed by atoms with Gasteiger partial charge in [-0.3, -0.25) is 0 Å². The molecule has 116 valence electrons. The zero-order chi connectivity index (χ0) is 15.0. The van der Waals surface area contributed by atoms with E-state index >= 15 is 0 Å². The van der Waals surface area contributed by atoms with Gasteiger partial charge in [0.15, 0.2) is 0 Å². The van der Waals surface area contributed by atoms with Gasteiger partial charge in [0.2, 0.25) is 10.0 Å². The average Bonchev–Trinajstić information content (AvgIpc) is 2.49.